The average Bonchev–Trinajstić information content (AvgIpc) is 2.12. The maximum Gasteiger partial charge on any atom is 1.00 e. The quantitative estimate of drug-likeness (QED) is 0.488. The number of hydrogen-bond acceptors (Lipinski definition) is 3. The second kappa shape index (κ2) is 4.71. The van der Waals surface area contributed by atoms with Crippen molar-refractivity contribution in [3.8, 4) is 0 Å². The third-order valence-corrected chi connectivity index (χ3v) is 0.857. The van der Waals surface area contributed by atoms with E-state index in [1.807, 2.05) is 13.8 Å². The molecule has 0 radical (unpaired) electrons. The van der Waals surface area contributed by atoms with Crippen LogP contribution >= 0.6 is 0 Å². The van der Waals surface area contributed by atoms with Gasteiger partial charge in [0.05, 0.1) is 6.39 Å². The summed E-state index contributed by atoms with van der Waals surface area (Å²) in [4.78, 5) is 3.71. The van der Waals surface area contributed by atoms with E-state index in [9.17, 15) is 0 Å². The molecule has 0 aliphatic carbocycles. The predicted octanol–water partition coefficient (Wildman–Crippen LogP) is -2.00. The van der Waals surface area contributed by atoms with Crippen LogP contribution in [0, 0.1) is 6.39 Å². The molecule has 0 atom stereocenters. The van der Waals surface area contributed by atoms with Crippen molar-refractivity contribution >= 4 is 0 Å². The Labute approximate surface area is 103 Å². The molecule has 1 aromatic rings. The minimum atomic E-state index is 0. The zero-order valence-electron chi connectivity index (χ0n) is 5.88. The molecular weight excluding hydrogens is 190 g/mol. The Kier molecular flexibility index (Phi) is 5.21. The largest absolute Gasteiger partial charge is 1.00 e. The van der Waals surface area contributed by atoms with Crippen molar-refractivity contribution < 1.29 is 62.7 Å². The molecule has 44 valence electrons. The number of aromatic nitrogens is 2. The number of rotatable bonds is 1. The first kappa shape index (κ1) is 9.95. The topological polar surface area (TPSA) is 38.9 Å². The molecule has 3 nitrogen and oxygen atoms in total. The van der Waals surface area contributed by atoms with Gasteiger partial charge in [-0.2, -0.15) is 5.16 Å². The Morgan fingerprint density at radius 2 is 2.22 bits per heavy atom. The van der Waals surface area contributed by atoms with E-state index >= 15 is 0 Å². The zero-order chi connectivity index (χ0) is 5.98. The van der Waals surface area contributed by atoms with Crippen LogP contribution in [-0.4, -0.2) is 10.1 Å². The fourth-order valence-electron chi connectivity index (χ4n) is 0.389. The van der Waals surface area contributed by atoms with Gasteiger partial charge in [-0.25, -0.2) is 0 Å². The molecular formula is C5H7N2ORb. The molecule has 0 aromatic carbocycles. The molecule has 0 bridgehead atoms. The van der Waals surface area contributed by atoms with Crippen LogP contribution in [0.25, 0.3) is 0 Å². The smallest absolute Gasteiger partial charge is 0.459 e. The first-order valence-corrected chi connectivity index (χ1v) is 2.50. The summed E-state index contributed by atoms with van der Waals surface area (Å²) in [6.45, 7) is 4.00. The van der Waals surface area contributed by atoms with Gasteiger partial charge in [0.2, 0.25) is 0 Å². The minimum Gasteiger partial charge on any atom is -0.459 e. The minimum absolute atomic E-state index is 0. The van der Waals surface area contributed by atoms with Gasteiger partial charge in [-0.05, 0) is 0 Å². The Morgan fingerprint density at radius 1 is 1.56 bits per heavy atom. The summed E-state index contributed by atoms with van der Waals surface area (Å²) < 4.78 is 4.39. The molecule has 1 rings (SSSR count). The van der Waals surface area contributed by atoms with Gasteiger partial charge in [-0.1, -0.05) is 19.8 Å². The standard InChI is InChI=1S/C5H7N2O.Rb/c1-4(2)5-6-3-8-7-5;/h4H,1-2H3;/q-1;+1. The second-order valence-electron chi connectivity index (χ2n) is 1.90. The van der Waals surface area contributed by atoms with Crippen LogP contribution in [0.1, 0.15) is 25.6 Å². The first-order valence-electron chi connectivity index (χ1n) is 2.50. The van der Waals surface area contributed by atoms with Crippen molar-refractivity contribution in [1.82, 2.24) is 10.1 Å². The zero-order valence-corrected chi connectivity index (χ0v) is 10.8. The van der Waals surface area contributed by atoms with E-state index in [0.29, 0.717) is 11.7 Å². The summed E-state index contributed by atoms with van der Waals surface area (Å²) in [6.07, 6.45) is 2.27. The fraction of sp³-hybridized carbons (Fsp3) is 0.600. The molecule has 0 aliphatic heterocycles. The van der Waals surface area contributed by atoms with Crippen LogP contribution in [-0.2, 0) is 0 Å². The van der Waals surface area contributed by atoms with Gasteiger partial charge < -0.3 is 9.51 Å². The SMILES string of the molecule is CC(C)c1n[c-]on1.[Rb+]. The number of nitrogens with zero attached hydrogens (tertiary/aromatic N) is 2. The van der Waals surface area contributed by atoms with Crippen molar-refractivity contribution in [3.63, 3.8) is 0 Å². The molecule has 0 N–H and O–H groups in total. The van der Waals surface area contributed by atoms with Gasteiger partial charge in [0.25, 0.3) is 0 Å². The Bertz CT molecular complexity index is 150. The molecule has 0 aliphatic rings. The van der Waals surface area contributed by atoms with Gasteiger partial charge in [0.1, 0.15) is 0 Å². The van der Waals surface area contributed by atoms with E-state index in [0.717, 1.165) is 0 Å². The molecule has 9 heavy (non-hydrogen) atoms. The van der Waals surface area contributed by atoms with Gasteiger partial charge in [0.15, 0.2) is 0 Å². The predicted molar refractivity (Wildman–Crippen MR) is 27.2 cm³/mol. The Hall–Kier alpha value is 0.945. The van der Waals surface area contributed by atoms with Crippen molar-refractivity contribution in [3.05, 3.63) is 12.2 Å². The monoisotopic (exact) mass is 196 g/mol. The normalized spacial score (nSPS) is 9.22. The van der Waals surface area contributed by atoms with Crippen LogP contribution in [0.5, 0.6) is 0 Å². The summed E-state index contributed by atoms with van der Waals surface area (Å²) >= 11 is 0. The summed E-state index contributed by atoms with van der Waals surface area (Å²) in [5.74, 6) is 1.05. The summed E-state index contributed by atoms with van der Waals surface area (Å²) in [7, 11) is 0. The summed E-state index contributed by atoms with van der Waals surface area (Å²) in [6, 6.07) is 0. The second-order valence-corrected chi connectivity index (χ2v) is 1.90. The molecule has 0 amide bonds. The first-order chi connectivity index (χ1) is 3.80. The van der Waals surface area contributed by atoms with E-state index in [-0.39, 0.29) is 58.2 Å². The summed E-state index contributed by atoms with van der Waals surface area (Å²) in [5.41, 5.74) is 0. The molecule has 1 aromatic heterocycles. The van der Waals surface area contributed by atoms with E-state index < -0.39 is 0 Å². The van der Waals surface area contributed by atoms with Gasteiger partial charge in [0, 0.05) is 5.82 Å². The van der Waals surface area contributed by atoms with Crippen molar-refractivity contribution in [1.29, 1.82) is 0 Å². The molecule has 0 spiro atoms. The van der Waals surface area contributed by atoms with E-state index in [4.69, 9.17) is 0 Å². The molecule has 0 fully saturated rings. The Balaban J connectivity index is 0.000000640. The van der Waals surface area contributed by atoms with Gasteiger partial charge in [-0.15, -0.1) is 0 Å². The Morgan fingerprint density at radius 3 is 2.44 bits per heavy atom. The average molecular weight is 197 g/mol. The molecule has 0 saturated heterocycles. The molecule has 0 unspecified atom stereocenters. The van der Waals surface area contributed by atoms with Gasteiger partial charge in [-0.3, -0.25) is 0 Å². The fourth-order valence-corrected chi connectivity index (χ4v) is 0.389. The number of hydrogen-bond donors (Lipinski definition) is 0. The third-order valence-electron chi connectivity index (χ3n) is 0.857. The maximum atomic E-state index is 4.39. The molecule has 1 heterocycles. The maximum absolute atomic E-state index is 4.39. The van der Waals surface area contributed by atoms with Crippen molar-refractivity contribution in [2.24, 2.45) is 0 Å². The van der Waals surface area contributed by atoms with E-state index in [2.05, 4.69) is 21.1 Å². The van der Waals surface area contributed by atoms with Gasteiger partial charge >= 0.3 is 58.2 Å². The molecule has 0 saturated carbocycles. The van der Waals surface area contributed by atoms with E-state index in [1.165, 1.54) is 0 Å². The van der Waals surface area contributed by atoms with Crippen LogP contribution in [0.15, 0.2) is 4.52 Å². The van der Waals surface area contributed by atoms with Crippen LogP contribution in [0.2, 0.25) is 0 Å². The van der Waals surface area contributed by atoms with E-state index in [1.54, 1.807) is 0 Å². The van der Waals surface area contributed by atoms with Crippen LogP contribution < -0.4 is 58.2 Å². The summed E-state index contributed by atoms with van der Waals surface area (Å²) in [5, 5.41) is 3.57. The van der Waals surface area contributed by atoms with Crippen LogP contribution in [0.3, 0.4) is 0 Å². The van der Waals surface area contributed by atoms with Crippen molar-refractivity contribution in [2.45, 2.75) is 19.8 Å². The molecule has 4 heteroatoms. The third kappa shape index (κ3) is 3.02. The van der Waals surface area contributed by atoms with Crippen LogP contribution in [0.4, 0.5) is 0 Å². The van der Waals surface area contributed by atoms with Crippen molar-refractivity contribution in [2.75, 3.05) is 0 Å².